The number of tetrazole rings is 2. The molecule has 2 aromatic rings. The Hall–Kier alpha value is -2.66. The summed E-state index contributed by atoms with van der Waals surface area (Å²) in [7, 11) is 0. The van der Waals surface area contributed by atoms with Crippen LogP contribution in [0.4, 0.5) is 0 Å². The molecular weight excluding hydrogens is 300 g/mol. The lowest BCUT2D eigenvalue weighted by molar-refractivity contribution is 0.0587. The van der Waals surface area contributed by atoms with Gasteiger partial charge in [0.1, 0.15) is 0 Å². The van der Waals surface area contributed by atoms with E-state index in [1.165, 1.54) is 0 Å². The highest BCUT2D eigenvalue weighted by molar-refractivity contribution is 5.41. The van der Waals surface area contributed by atoms with E-state index < -0.39 is 5.54 Å². The largest absolute Gasteiger partial charge is 0.377 e. The molecule has 3 N–H and O–H groups in total. The van der Waals surface area contributed by atoms with Crippen molar-refractivity contribution in [2.45, 2.75) is 18.0 Å². The van der Waals surface area contributed by atoms with Crippen molar-refractivity contribution in [1.82, 2.24) is 40.9 Å². The van der Waals surface area contributed by atoms with Crippen LogP contribution in [0.15, 0.2) is 24.3 Å². The molecule has 0 aromatic carbocycles. The van der Waals surface area contributed by atoms with E-state index in [2.05, 4.69) is 36.1 Å². The van der Waals surface area contributed by atoms with Crippen molar-refractivity contribution in [3.8, 4) is 11.6 Å². The molecule has 0 spiro atoms. The van der Waals surface area contributed by atoms with Crippen LogP contribution in [0.2, 0.25) is 0 Å². The van der Waals surface area contributed by atoms with E-state index in [1.54, 1.807) is 4.79 Å². The Kier molecular flexibility index (Phi) is 3.35. The zero-order valence-corrected chi connectivity index (χ0v) is 12.3. The van der Waals surface area contributed by atoms with Gasteiger partial charge in [-0.15, -0.1) is 20.1 Å². The standard InChI is InChI=1S/C12H16N10O/c13-12(4-2-1-3-5-12)9-8-23-7-6-21(9)22-11(16-19-20-22)10-14-17-18-15-10/h1-4,9H,5-8,13H2,(H,14,15,17,18). The fourth-order valence-electron chi connectivity index (χ4n) is 2.90. The smallest absolute Gasteiger partial charge is 0.245 e. The van der Waals surface area contributed by atoms with Crippen molar-refractivity contribution in [3.05, 3.63) is 24.3 Å². The van der Waals surface area contributed by atoms with Crippen molar-refractivity contribution in [1.29, 1.82) is 0 Å². The molecule has 0 saturated carbocycles. The Morgan fingerprint density at radius 2 is 2.30 bits per heavy atom. The van der Waals surface area contributed by atoms with E-state index in [0.29, 0.717) is 37.8 Å². The molecule has 0 radical (unpaired) electrons. The molecule has 11 nitrogen and oxygen atoms in total. The van der Waals surface area contributed by atoms with Gasteiger partial charge in [0.2, 0.25) is 11.6 Å². The zero-order chi connectivity index (χ0) is 15.7. The normalized spacial score (nSPS) is 27.5. The van der Waals surface area contributed by atoms with Crippen LogP contribution in [0.3, 0.4) is 0 Å². The highest BCUT2D eigenvalue weighted by Crippen LogP contribution is 2.25. The molecule has 3 heterocycles. The van der Waals surface area contributed by atoms with Gasteiger partial charge in [0, 0.05) is 0 Å². The van der Waals surface area contributed by atoms with Gasteiger partial charge >= 0.3 is 0 Å². The number of aromatic nitrogens is 8. The first-order valence-electron chi connectivity index (χ1n) is 7.28. The maximum atomic E-state index is 6.61. The SMILES string of the molecule is NC1(C2COCCN2n2nnnc2-c2nn[nH]n2)C=CC=CC1. The van der Waals surface area contributed by atoms with Gasteiger partial charge in [-0.25, -0.2) is 0 Å². The number of aromatic amines is 1. The molecule has 2 aromatic heterocycles. The third-order valence-electron chi connectivity index (χ3n) is 4.09. The lowest BCUT2D eigenvalue weighted by Gasteiger charge is -2.45. The fourth-order valence-corrected chi connectivity index (χ4v) is 2.90. The quantitative estimate of drug-likeness (QED) is 0.686. The van der Waals surface area contributed by atoms with Gasteiger partial charge < -0.3 is 10.5 Å². The highest BCUT2D eigenvalue weighted by Gasteiger charge is 2.40. The van der Waals surface area contributed by atoms with E-state index in [-0.39, 0.29) is 6.04 Å². The van der Waals surface area contributed by atoms with Gasteiger partial charge in [-0.2, -0.15) is 5.21 Å². The number of morpholine rings is 1. The number of H-pyrrole nitrogens is 1. The maximum Gasteiger partial charge on any atom is 0.245 e. The molecule has 1 aliphatic heterocycles. The second-order valence-electron chi connectivity index (χ2n) is 5.48. The molecule has 1 aliphatic carbocycles. The first kappa shape index (κ1) is 14.0. The van der Waals surface area contributed by atoms with Gasteiger partial charge in [-0.05, 0) is 22.1 Å². The summed E-state index contributed by atoms with van der Waals surface area (Å²) in [6.07, 6.45) is 8.70. The molecule has 2 unspecified atom stereocenters. The average Bonchev–Trinajstić information content (AvgIpc) is 3.26. The third-order valence-corrected chi connectivity index (χ3v) is 4.09. The second kappa shape index (κ2) is 5.52. The first-order valence-corrected chi connectivity index (χ1v) is 7.28. The predicted octanol–water partition coefficient (Wildman–Crippen LogP) is -1.60. The monoisotopic (exact) mass is 316 g/mol. The molecule has 2 aliphatic rings. The minimum absolute atomic E-state index is 0.119. The van der Waals surface area contributed by atoms with Gasteiger partial charge in [0.05, 0.1) is 31.3 Å². The van der Waals surface area contributed by atoms with Gasteiger partial charge in [-0.1, -0.05) is 24.3 Å². The minimum Gasteiger partial charge on any atom is -0.377 e. The van der Waals surface area contributed by atoms with E-state index in [9.17, 15) is 0 Å². The van der Waals surface area contributed by atoms with Crippen LogP contribution in [0.25, 0.3) is 11.6 Å². The number of allylic oxidation sites excluding steroid dienone is 2. The van der Waals surface area contributed by atoms with Crippen LogP contribution in [0.5, 0.6) is 0 Å². The molecule has 0 amide bonds. The van der Waals surface area contributed by atoms with Gasteiger partial charge in [0.25, 0.3) is 0 Å². The summed E-state index contributed by atoms with van der Waals surface area (Å²) in [5.74, 6) is 0.731. The summed E-state index contributed by atoms with van der Waals surface area (Å²) in [4.78, 5) is 1.58. The maximum absolute atomic E-state index is 6.61. The molecule has 1 saturated heterocycles. The molecular formula is C12H16N10O. The number of hydrogen-bond donors (Lipinski definition) is 2. The number of rotatable bonds is 3. The third kappa shape index (κ3) is 2.39. The van der Waals surface area contributed by atoms with E-state index in [4.69, 9.17) is 10.5 Å². The van der Waals surface area contributed by atoms with Crippen LogP contribution in [0, 0.1) is 0 Å². The van der Waals surface area contributed by atoms with E-state index in [1.807, 2.05) is 29.3 Å². The van der Waals surface area contributed by atoms with E-state index in [0.717, 1.165) is 0 Å². The van der Waals surface area contributed by atoms with Crippen molar-refractivity contribution in [3.63, 3.8) is 0 Å². The molecule has 0 bridgehead atoms. The predicted molar refractivity (Wildman–Crippen MR) is 78.5 cm³/mol. The highest BCUT2D eigenvalue weighted by atomic mass is 16.5. The lowest BCUT2D eigenvalue weighted by Crippen LogP contribution is -2.66. The van der Waals surface area contributed by atoms with Crippen LogP contribution < -0.4 is 10.7 Å². The zero-order valence-electron chi connectivity index (χ0n) is 12.3. The number of nitrogens with two attached hydrogens (primary N) is 1. The van der Waals surface area contributed by atoms with Crippen molar-refractivity contribution in [2.24, 2.45) is 5.73 Å². The van der Waals surface area contributed by atoms with Gasteiger partial charge in [0.15, 0.2) is 0 Å². The number of ether oxygens (including phenoxy) is 1. The molecule has 1 fully saturated rings. The van der Waals surface area contributed by atoms with Crippen LogP contribution in [-0.4, -0.2) is 72.3 Å². The number of nitrogens with zero attached hydrogens (tertiary/aromatic N) is 8. The average molecular weight is 316 g/mol. The first-order chi connectivity index (χ1) is 11.3. The Labute approximate surface area is 131 Å². The van der Waals surface area contributed by atoms with Crippen molar-refractivity contribution in [2.75, 3.05) is 24.8 Å². The van der Waals surface area contributed by atoms with Gasteiger partial charge in [-0.3, -0.25) is 5.01 Å². The summed E-state index contributed by atoms with van der Waals surface area (Å²) in [6.45, 7) is 1.66. The summed E-state index contributed by atoms with van der Waals surface area (Å²) < 4.78 is 5.65. The molecule has 4 rings (SSSR count). The lowest BCUT2D eigenvalue weighted by atomic mass is 9.84. The number of nitrogens with one attached hydrogen (secondary N) is 1. The van der Waals surface area contributed by atoms with E-state index >= 15 is 0 Å². The molecule has 120 valence electrons. The van der Waals surface area contributed by atoms with Crippen molar-refractivity contribution < 1.29 is 4.74 Å². The van der Waals surface area contributed by atoms with Crippen LogP contribution in [0.1, 0.15) is 6.42 Å². The van der Waals surface area contributed by atoms with Crippen LogP contribution >= 0.6 is 0 Å². The topological polar surface area (TPSA) is 137 Å². The number of hydrogen-bond acceptors (Lipinski definition) is 9. The fraction of sp³-hybridized carbons (Fsp3) is 0.500. The summed E-state index contributed by atoms with van der Waals surface area (Å²) in [5.41, 5.74) is 6.05. The molecule has 23 heavy (non-hydrogen) atoms. The molecule has 11 heteroatoms. The minimum atomic E-state index is -0.560. The van der Waals surface area contributed by atoms with Crippen LogP contribution in [-0.2, 0) is 4.74 Å². The Morgan fingerprint density at radius 1 is 1.35 bits per heavy atom. The summed E-state index contributed by atoms with van der Waals surface area (Å²) in [5, 5.41) is 27.7. The Balaban J connectivity index is 1.71. The summed E-state index contributed by atoms with van der Waals surface area (Å²) in [6, 6.07) is -0.119. The Bertz CT molecular complexity index is 722. The summed E-state index contributed by atoms with van der Waals surface area (Å²) >= 11 is 0. The van der Waals surface area contributed by atoms with Crippen molar-refractivity contribution >= 4 is 0 Å². The molecule has 2 atom stereocenters. The second-order valence-corrected chi connectivity index (χ2v) is 5.48. The Morgan fingerprint density at radius 3 is 3.09 bits per heavy atom.